The van der Waals surface area contributed by atoms with Crippen molar-refractivity contribution in [2.45, 2.75) is 77.3 Å². The lowest BCUT2D eigenvalue weighted by Crippen LogP contribution is -2.58. The number of anilines is 1. The van der Waals surface area contributed by atoms with Gasteiger partial charge in [0.25, 0.3) is 0 Å². The van der Waals surface area contributed by atoms with E-state index in [1.54, 1.807) is 6.33 Å². The zero-order valence-electron chi connectivity index (χ0n) is 15.6. The summed E-state index contributed by atoms with van der Waals surface area (Å²) in [6.45, 7) is 8.95. The van der Waals surface area contributed by atoms with Gasteiger partial charge in [0.05, 0.1) is 5.39 Å². The summed E-state index contributed by atoms with van der Waals surface area (Å²) in [5, 5.41) is 9.65. The van der Waals surface area contributed by atoms with Gasteiger partial charge in [0.15, 0.2) is 5.82 Å². The molecule has 0 atom stereocenters. The number of fused-ring (bicyclic) bond motifs is 3. The molecular formula is C19H27N5S. The normalized spacial score (nSPS) is 21.8. The summed E-state index contributed by atoms with van der Waals surface area (Å²) in [6, 6.07) is 0. The molecule has 134 valence electrons. The minimum atomic E-state index is 0.0603. The Morgan fingerprint density at radius 2 is 1.80 bits per heavy atom. The molecule has 3 heterocycles. The van der Waals surface area contributed by atoms with Crippen LogP contribution >= 0.6 is 11.3 Å². The van der Waals surface area contributed by atoms with Crippen LogP contribution in [0.3, 0.4) is 0 Å². The van der Waals surface area contributed by atoms with E-state index >= 15 is 0 Å². The molecule has 2 aliphatic rings. The van der Waals surface area contributed by atoms with Crippen molar-refractivity contribution in [3.63, 3.8) is 0 Å². The fourth-order valence-corrected chi connectivity index (χ4v) is 5.70. The van der Waals surface area contributed by atoms with Crippen molar-refractivity contribution in [3.8, 4) is 0 Å². The summed E-state index contributed by atoms with van der Waals surface area (Å²) in [5.74, 6) is 0.867. The van der Waals surface area contributed by atoms with Gasteiger partial charge >= 0.3 is 0 Å². The van der Waals surface area contributed by atoms with Crippen molar-refractivity contribution in [2.75, 3.05) is 5.43 Å². The Bertz CT molecular complexity index is 816. The standard InChI is InChI=1S/C19H27N5S/c1-18(2)9-12(10-19(3,4)24-18)22-23-16-15-13-7-5-6-8-14(13)25-17(15)21-11-20-16/h11,24H,5-10H2,1-4H3,(H,20,21,23). The quantitative estimate of drug-likeness (QED) is 0.788. The molecule has 0 spiro atoms. The second-order valence-electron chi connectivity index (χ2n) is 8.65. The Hall–Kier alpha value is -1.53. The van der Waals surface area contributed by atoms with Gasteiger partial charge in [-0.3, -0.25) is 5.43 Å². The predicted molar refractivity (Wildman–Crippen MR) is 106 cm³/mol. The molecule has 2 aromatic heterocycles. The van der Waals surface area contributed by atoms with Crippen molar-refractivity contribution >= 4 is 33.1 Å². The number of hydrogen-bond acceptors (Lipinski definition) is 6. The first-order chi connectivity index (χ1) is 11.8. The molecule has 4 rings (SSSR count). The van der Waals surface area contributed by atoms with E-state index in [0.717, 1.165) is 29.9 Å². The van der Waals surface area contributed by atoms with E-state index in [0.29, 0.717) is 0 Å². The third-order valence-corrected chi connectivity index (χ3v) is 6.24. The van der Waals surface area contributed by atoms with E-state index in [1.807, 2.05) is 11.3 Å². The fourth-order valence-electron chi connectivity index (χ4n) is 4.47. The second-order valence-corrected chi connectivity index (χ2v) is 9.73. The minimum absolute atomic E-state index is 0.0603. The monoisotopic (exact) mass is 357 g/mol. The molecule has 1 aliphatic carbocycles. The molecule has 1 aliphatic heterocycles. The van der Waals surface area contributed by atoms with Crippen molar-refractivity contribution in [1.82, 2.24) is 15.3 Å². The highest BCUT2D eigenvalue weighted by Crippen LogP contribution is 2.38. The first-order valence-corrected chi connectivity index (χ1v) is 10.0. The Balaban J connectivity index is 1.66. The largest absolute Gasteiger partial charge is 0.306 e. The van der Waals surface area contributed by atoms with Crippen LogP contribution in [0.5, 0.6) is 0 Å². The van der Waals surface area contributed by atoms with Gasteiger partial charge in [-0.25, -0.2) is 9.97 Å². The van der Waals surface area contributed by atoms with Gasteiger partial charge in [0.2, 0.25) is 0 Å². The molecule has 2 aromatic rings. The summed E-state index contributed by atoms with van der Waals surface area (Å²) in [7, 11) is 0. The van der Waals surface area contributed by atoms with E-state index in [2.05, 4.69) is 48.4 Å². The molecule has 0 bridgehead atoms. The van der Waals surface area contributed by atoms with E-state index < -0.39 is 0 Å². The van der Waals surface area contributed by atoms with E-state index in [4.69, 9.17) is 5.10 Å². The third kappa shape index (κ3) is 3.42. The van der Waals surface area contributed by atoms with Gasteiger partial charge < -0.3 is 5.32 Å². The molecule has 5 nitrogen and oxygen atoms in total. The third-order valence-electron chi connectivity index (χ3n) is 5.04. The predicted octanol–water partition coefficient (Wildman–Crippen LogP) is 4.28. The van der Waals surface area contributed by atoms with Gasteiger partial charge in [-0.15, -0.1) is 11.3 Å². The minimum Gasteiger partial charge on any atom is -0.306 e. The van der Waals surface area contributed by atoms with Gasteiger partial charge in [-0.2, -0.15) is 5.10 Å². The maximum absolute atomic E-state index is 4.76. The molecular weight excluding hydrogens is 330 g/mol. The molecule has 0 aromatic carbocycles. The summed E-state index contributed by atoms with van der Waals surface area (Å²) >= 11 is 1.83. The molecule has 6 heteroatoms. The van der Waals surface area contributed by atoms with Crippen molar-refractivity contribution < 1.29 is 0 Å². The average Bonchev–Trinajstić information content (AvgIpc) is 2.89. The Morgan fingerprint density at radius 1 is 1.08 bits per heavy atom. The number of rotatable bonds is 2. The molecule has 0 saturated carbocycles. The molecule has 1 fully saturated rings. The zero-order valence-corrected chi connectivity index (χ0v) is 16.4. The van der Waals surface area contributed by atoms with E-state index in [9.17, 15) is 0 Å². The first kappa shape index (κ1) is 16.9. The first-order valence-electron chi connectivity index (χ1n) is 9.19. The summed E-state index contributed by atoms with van der Waals surface area (Å²) < 4.78 is 0. The lowest BCUT2D eigenvalue weighted by Gasteiger charge is -2.43. The van der Waals surface area contributed by atoms with Gasteiger partial charge in [0, 0.05) is 34.5 Å². The Morgan fingerprint density at radius 3 is 2.56 bits per heavy atom. The summed E-state index contributed by atoms with van der Waals surface area (Å²) in [6.07, 6.45) is 8.41. The average molecular weight is 358 g/mol. The lowest BCUT2D eigenvalue weighted by atomic mass is 9.81. The van der Waals surface area contributed by atoms with Crippen molar-refractivity contribution in [2.24, 2.45) is 5.10 Å². The van der Waals surface area contributed by atoms with Crippen LogP contribution in [0.25, 0.3) is 10.2 Å². The number of thiophene rings is 1. The smallest absolute Gasteiger partial charge is 0.158 e. The highest BCUT2D eigenvalue weighted by atomic mass is 32.1. The molecule has 1 saturated heterocycles. The number of hydrogen-bond donors (Lipinski definition) is 2. The Labute approximate surface area is 153 Å². The molecule has 0 amide bonds. The molecule has 0 radical (unpaired) electrons. The number of aryl methyl sites for hydroxylation is 2. The fraction of sp³-hybridized carbons (Fsp3) is 0.632. The van der Waals surface area contributed by atoms with Gasteiger partial charge in [0.1, 0.15) is 11.2 Å². The van der Waals surface area contributed by atoms with Crippen LogP contribution in [0, 0.1) is 0 Å². The van der Waals surface area contributed by atoms with E-state index in [1.165, 1.54) is 40.8 Å². The van der Waals surface area contributed by atoms with Crippen LogP contribution in [0.1, 0.15) is 63.8 Å². The number of hydrazone groups is 1. The number of piperidine rings is 1. The molecule has 2 N–H and O–H groups in total. The second kappa shape index (κ2) is 6.02. The topological polar surface area (TPSA) is 62.2 Å². The lowest BCUT2D eigenvalue weighted by molar-refractivity contribution is 0.252. The highest BCUT2D eigenvalue weighted by Gasteiger charge is 2.35. The van der Waals surface area contributed by atoms with E-state index in [-0.39, 0.29) is 11.1 Å². The highest BCUT2D eigenvalue weighted by molar-refractivity contribution is 7.19. The van der Waals surface area contributed by atoms with Gasteiger partial charge in [-0.05, 0) is 58.9 Å². The zero-order chi connectivity index (χ0) is 17.7. The SMILES string of the molecule is CC1(C)CC(=NNc2ncnc3sc4c(c23)CCCC4)CC(C)(C)N1. The number of nitrogens with one attached hydrogen (secondary N) is 2. The molecule has 0 unspecified atom stereocenters. The Kier molecular flexibility index (Phi) is 4.07. The van der Waals surface area contributed by atoms with Crippen LogP contribution in [-0.2, 0) is 12.8 Å². The number of aromatic nitrogens is 2. The van der Waals surface area contributed by atoms with Gasteiger partial charge in [-0.1, -0.05) is 0 Å². The number of nitrogens with zero attached hydrogens (tertiary/aromatic N) is 3. The van der Waals surface area contributed by atoms with Crippen LogP contribution in [-0.4, -0.2) is 26.8 Å². The van der Waals surface area contributed by atoms with Crippen LogP contribution in [0.2, 0.25) is 0 Å². The van der Waals surface area contributed by atoms with Crippen LogP contribution < -0.4 is 10.7 Å². The summed E-state index contributed by atoms with van der Waals surface area (Å²) in [5.41, 5.74) is 6.05. The maximum Gasteiger partial charge on any atom is 0.158 e. The van der Waals surface area contributed by atoms with Crippen molar-refractivity contribution in [3.05, 3.63) is 16.8 Å². The summed E-state index contributed by atoms with van der Waals surface area (Å²) in [4.78, 5) is 11.6. The van der Waals surface area contributed by atoms with Crippen LogP contribution in [0.15, 0.2) is 11.4 Å². The van der Waals surface area contributed by atoms with Crippen LogP contribution in [0.4, 0.5) is 5.82 Å². The van der Waals surface area contributed by atoms with Crippen molar-refractivity contribution in [1.29, 1.82) is 0 Å². The molecule has 25 heavy (non-hydrogen) atoms. The maximum atomic E-state index is 4.76.